The smallest absolute Gasteiger partial charge is 0.368 e. The summed E-state index contributed by atoms with van der Waals surface area (Å²) in [6, 6.07) is 8.84. The van der Waals surface area contributed by atoms with E-state index in [-0.39, 0.29) is 28.6 Å². The van der Waals surface area contributed by atoms with E-state index in [9.17, 15) is 17.6 Å². The minimum atomic E-state index is -4.81. The van der Waals surface area contributed by atoms with Crippen LogP contribution in [0.15, 0.2) is 46.4 Å². The molecule has 0 heterocycles. The van der Waals surface area contributed by atoms with Crippen molar-refractivity contribution in [2.45, 2.75) is 13.1 Å². The summed E-state index contributed by atoms with van der Waals surface area (Å²) in [6.45, 7) is 1.45. The van der Waals surface area contributed by atoms with Crippen molar-refractivity contribution in [2.75, 3.05) is 12.4 Å². The maximum Gasteiger partial charge on any atom is 0.417 e. The molecular formula is C18H15F4N5. The molecule has 0 aliphatic heterocycles. The highest BCUT2D eigenvalue weighted by atomic mass is 19.4. The highest BCUT2D eigenvalue weighted by Crippen LogP contribution is 2.40. The number of amidine groups is 1. The van der Waals surface area contributed by atoms with E-state index in [2.05, 4.69) is 15.3 Å². The summed E-state index contributed by atoms with van der Waals surface area (Å²) in [7, 11) is 1.40. The summed E-state index contributed by atoms with van der Waals surface area (Å²) < 4.78 is 55.3. The van der Waals surface area contributed by atoms with Gasteiger partial charge in [0.2, 0.25) is 5.96 Å². The number of nitrogens with two attached hydrogens (primary N) is 1. The Bertz CT molecular complexity index is 955. The van der Waals surface area contributed by atoms with Gasteiger partial charge in [-0.25, -0.2) is 9.38 Å². The number of nitrogens with zero attached hydrogens (tertiary/aromatic N) is 3. The van der Waals surface area contributed by atoms with Crippen LogP contribution >= 0.6 is 0 Å². The number of rotatable bonds is 2. The van der Waals surface area contributed by atoms with E-state index in [1.54, 1.807) is 0 Å². The number of anilines is 1. The second-order valence-corrected chi connectivity index (χ2v) is 5.48. The number of benzene rings is 2. The van der Waals surface area contributed by atoms with Gasteiger partial charge in [0.15, 0.2) is 0 Å². The van der Waals surface area contributed by atoms with Crippen molar-refractivity contribution < 1.29 is 17.6 Å². The minimum absolute atomic E-state index is 0.0434. The maximum absolute atomic E-state index is 14.6. The van der Waals surface area contributed by atoms with Gasteiger partial charge >= 0.3 is 6.18 Å². The fourth-order valence-electron chi connectivity index (χ4n) is 2.40. The highest BCUT2D eigenvalue weighted by molar-refractivity contribution is 6.01. The Morgan fingerprint density at radius 1 is 1.22 bits per heavy atom. The van der Waals surface area contributed by atoms with Gasteiger partial charge in [0.05, 0.1) is 17.2 Å². The molecule has 0 aliphatic carbocycles. The highest BCUT2D eigenvalue weighted by Gasteiger charge is 2.36. The number of aliphatic imine (C=N–C) groups is 2. The third kappa shape index (κ3) is 4.82. The number of guanidine groups is 1. The van der Waals surface area contributed by atoms with Crippen LogP contribution < -0.4 is 11.1 Å². The van der Waals surface area contributed by atoms with Crippen molar-refractivity contribution in [1.29, 1.82) is 5.26 Å². The van der Waals surface area contributed by atoms with E-state index in [0.29, 0.717) is 0 Å². The van der Waals surface area contributed by atoms with Crippen LogP contribution in [0.25, 0.3) is 11.1 Å². The van der Waals surface area contributed by atoms with Crippen LogP contribution in [-0.2, 0) is 6.18 Å². The van der Waals surface area contributed by atoms with Gasteiger partial charge in [0.25, 0.3) is 0 Å². The van der Waals surface area contributed by atoms with E-state index < -0.39 is 23.1 Å². The van der Waals surface area contributed by atoms with Crippen LogP contribution in [0.5, 0.6) is 0 Å². The zero-order valence-corrected chi connectivity index (χ0v) is 14.4. The van der Waals surface area contributed by atoms with Gasteiger partial charge in [-0.1, -0.05) is 12.1 Å². The summed E-state index contributed by atoms with van der Waals surface area (Å²) in [4.78, 5) is 7.41. The lowest BCUT2D eigenvalue weighted by molar-refractivity contribution is -0.137. The Balaban J connectivity index is 2.60. The summed E-state index contributed by atoms with van der Waals surface area (Å²) in [5.74, 6) is -1.03. The van der Waals surface area contributed by atoms with E-state index in [4.69, 9.17) is 11.0 Å². The van der Waals surface area contributed by atoms with Gasteiger partial charge in [0.1, 0.15) is 11.7 Å². The number of hydrogen-bond acceptors (Lipinski definition) is 2. The first kappa shape index (κ1) is 19.9. The monoisotopic (exact) mass is 377 g/mol. The first-order valence-corrected chi connectivity index (χ1v) is 7.61. The summed E-state index contributed by atoms with van der Waals surface area (Å²) in [6.07, 6.45) is -4.81. The number of alkyl halides is 3. The van der Waals surface area contributed by atoms with Gasteiger partial charge in [-0.3, -0.25) is 4.99 Å². The molecule has 0 radical (unpaired) electrons. The molecule has 0 atom stereocenters. The summed E-state index contributed by atoms with van der Waals surface area (Å²) >= 11 is 0. The van der Waals surface area contributed by atoms with Crippen LogP contribution in [-0.4, -0.2) is 18.8 Å². The SMILES string of the molecule is C/N=C(N)\N=C(/C)Nc1cc(F)c(-c2cccc(C#N)c2)c(C(F)(F)F)c1. The Kier molecular flexibility index (Phi) is 5.80. The lowest BCUT2D eigenvalue weighted by Crippen LogP contribution is -2.16. The average Bonchev–Trinajstić information content (AvgIpc) is 2.60. The predicted octanol–water partition coefficient (Wildman–Crippen LogP) is 4.16. The lowest BCUT2D eigenvalue weighted by Gasteiger charge is -2.17. The van der Waals surface area contributed by atoms with Crippen LogP contribution in [0.2, 0.25) is 0 Å². The fourth-order valence-corrected chi connectivity index (χ4v) is 2.40. The zero-order valence-electron chi connectivity index (χ0n) is 14.4. The molecule has 27 heavy (non-hydrogen) atoms. The third-order valence-corrected chi connectivity index (χ3v) is 3.51. The minimum Gasteiger partial charge on any atom is -0.368 e. The second-order valence-electron chi connectivity index (χ2n) is 5.48. The Morgan fingerprint density at radius 3 is 2.52 bits per heavy atom. The van der Waals surface area contributed by atoms with Gasteiger partial charge in [-0.05, 0) is 36.8 Å². The van der Waals surface area contributed by atoms with Crippen LogP contribution in [0.1, 0.15) is 18.1 Å². The molecule has 0 bridgehead atoms. The quantitative estimate of drug-likeness (QED) is 0.468. The molecule has 0 saturated heterocycles. The average molecular weight is 377 g/mol. The Hall–Kier alpha value is -3.41. The Morgan fingerprint density at radius 2 is 1.93 bits per heavy atom. The number of nitrogens with one attached hydrogen (secondary N) is 1. The normalized spacial score (nSPS) is 12.6. The Labute approximate surface area is 152 Å². The second kappa shape index (κ2) is 7.86. The number of nitriles is 1. The standard InChI is InChI=1S/C18H15F4N5/c1-10(27-17(24)25-2)26-13-7-14(18(20,21)22)16(15(19)8-13)12-5-3-4-11(6-12)9-23/h3-8H,1-2H3,(H3,24,25,26,27). The predicted molar refractivity (Wildman–Crippen MR) is 95.8 cm³/mol. The largest absolute Gasteiger partial charge is 0.417 e. The van der Waals surface area contributed by atoms with Crippen LogP contribution in [0.3, 0.4) is 0 Å². The summed E-state index contributed by atoms with van der Waals surface area (Å²) in [5.41, 5.74) is 3.55. The lowest BCUT2D eigenvalue weighted by atomic mass is 9.96. The van der Waals surface area contributed by atoms with Gasteiger partial charge in [-0.15, -0.1) is 0 Å². The van der Waals surface area contributed by atoms with Crippen molar-refractivity contribution in [3.63, 3.8) is 0 Å². The molecule has 2 aromatic carbocycles. The molecule has 9 heteroatoms. The molecule has 0 aliphatic rings. The van der Waals surface area contributed by atoms with E-state index in [0.717, 1.165) is 12.1 Å². The summed E-state index contributed by atoms with van der Waals surface area (Å²) in [5, 5.41) is 11.5. The van der Waals surface area contributed by atoms with E-state index in [1.165, 1.54) is 38.2 Å². The molecule has 0 aromatic heterocycles. The molecule has 0 amide bonds. The molecule has 0 fully saturated rings. The van der Waals surface area contributed by atoms with E-state index >= 15 is 0 Å². The van der Waals surface area contributed by atoms with Crippen molar-refractivity contribution >= 4 is 17.5 Å². The zero-order chi connectivity index (χ0) is 20.2. The van der Waals surface area contributed by atoms with Crippen molar-refractivity contribution in [1.82, 2.24) is 0 Å². The molecular weight excluding hydrogens is 362 g/mol. The van der Waals surface area contributed by atoms with Crippen molar-refractivity contribution in [3.8, 4) is 17.2 Å². The fraction of sp³-hybridized carbons (Fsp3) is 0.167. The number of hydrogen-bond donors (Lipinski definition) is 2. The third-order valence-electron chi connectivity index (χ3n) is 3.51. The first-order valence-electron chi connectivity index (χ1n) is 7.61. The molecule has 2 aromatic rings. The van der Waals surface area contributed by atoms with Crippen molar-refractivity contribution in [3.05, 3.63) is 53.3 Å². The van der Waals surface area contributed by atoms with Gasteiger partial charge < -0.3 is 11.1 Å². The molecule has 0 unspecified atom stereocenters. The number of halogens is 4. The van der Waals surface area contributed by atoms with Crippen LogP contribution in [0, 0.1) is 17.1 Å². The van der Waals surface area contributed by atoms with E-state index in [1.807, 2.05) is 6.07 Å². The first-order chi connectivity index (χ1) is 12.7. The molecule has 0 spiro atoms. The van der Waals surface area contributed by atoms with Crippen molar-refractivity contribution in [2.24, 2.45) is 15.7 Å². The van der Waals surface area contributed by atoms with Gasteiger partial charge in [0, 0.05) is 18.3 Å². The maximum atomic E-state index is 14.6. The molecule has 140 valence electrons. The van der Waals surface area contributed by atoms with Crippen LogP contribution in [0.4, 0.5) is 23.2 Å². The molecule has 2 rings (SSSR count). The molecule has 3 N–H and O–H groups in total. The molecule has 5 nitrogen and oxygen atoms in total. The topological polar surface area (TPSA) is 86.6 Å². The molecule has 0 saturated carbocycles. The van der Waals surface area contributed by atoms with Gasteiger partial charge in [-0.2, -0.15) is 18.4 Å².